The molecule has 4 N–H and O–H groups in total. The van der Waals surface area contributed by atoms with Crippen LogP contribution in [0.15, 0.2) is 42.5 Å². The van der Waals surface area contributed by atoms with E-state index in [1.807, 2.05) is 41.3 Å². The summed E-state index contributed by atoms with van der Waals surface area (Å²) in [6.45, 7) is 5.44. The van der Waals surface area contributed by atoms with E-state index in [9.17, 15) is 15.0 Å². The second kappa shape index (κ2) is 13.2. The normalized spacial score (nSPS) is 26.5. The van der Waals surface area contributed by atoms with Crippen LogP contribution in [0.25, 0.3) is 0 Å². The number of rotatable bonds is 11. The van der Waals surface area contributed by atoms with Gasteiger partial charge in [-0.3, -0.25) is 4.79 Å². The second-order valence-electron chi connectivity index (χ2n) is 11.8. The standard InChI is InChI=1S/C32H45ClN2O5/c1-4-22-11-5-6-15-27(22)40-29-25(13-9-14-26(29)33)32(38,16-7-8-18-39-3)24-12-10-17-35(21-24)30(36)23-19-28(34)31(2,37)20-23/h5-6,9,11,13-15,23-24,28,37-38H,4,7-8,10,12,16-21,34H2,1-3H3. The molecule has 40 heavy (non-hydrogen) atoms. The number of aliphatic hydroxyl groups is 2. The molecule has 0 spiro atoms. The predicted octanol–water partition coefficient (Wildman–Crippen LogP) is 5.43. The van der Waals surface area contributed by atoms with Crippen molar-refractivity contribution in [1.29, 1.82) is 0 Å². The highest BCUT2D eigenvalue weighted by Crippen LogP contribution is 2.47. The fourth-order valence-corrected chi connectivity index (χ4v) is 6.68. The van der Waals surface area contributed by atoms with Crippen molar-refractivity contribution in [3.63, 3.8) is 0 Å². The van der Waals surface area contributed by atoms with Gasteiger partial charge in [0.05, 0.1) is 16.2 Å². The number of hydrogen-bond donors (Lipinski definition) is 3. The lowest BCUT2D eigenvalue weighted by atomic mass is 9.73. The molecule has 5 unspecified atom stereocenters. The molecule has 7 nitrogen and oxygen atoms in total. The summed E-state index contributed by atoms with van der Waals surface area (Å²) < 4.78 is 11.8. The number of methoxy groups -OCH3 is 1. The highest BCUT2D eigenvalue weighted by atomic mass is 35.5. The molecule has 1 saturated heterocycles. The van der Waals surface area contributed by atoms with E-state index in [1.54, 1.807) is 20.1 Å². The van der Waals surface area contributed by atoms with E-state index in [0.717, 1.165) is 37.7 Å². The number of amides is 1. The van der Waals surface area contributed by atoms with Gasteiger partial charge in [-0.2, -0.15) is 0 Å². The Hall–Kier alpha value is -2.16. The van der Waals surface area contributed by atoms with Crippen LogP contribution in [-0.4, -0.2) is 59.5 Å². The Morgan fingerprint density at radius 1 is 1.23 bits per heavy atom. The first-order valence-corrected chi connectivity index (χ1v) is 15.0. The molecule has 2 aromatic carbocycles. The zero-order valence-electron chi connectivity index (χ0n) is 24.1. The number of carbonyl (C=O) groups is 1. The van der Waals surface area contributed by atoms with Crippen molar-refractivity contribution in [2.24, 2.45) is 17.6 Å². The molecule has 0 bridgehead atoms. The second-order valence-corrected chi connectivity index (χ2v) is 12.2. The van der Waals surface area contributed by atoms with Crippen molar-refractivity contribution in [1.82, 2.24) is 4.90 Å². The van der Waals surface area contributed by atoms with Crippen molar-refractivity contribution in [2.75, 3.05) is 26.8 Å². The molecular weight excluding hydrogens is 528 g/mol. The number of carbonyl (C=O) groups excluding carboxylic acids is 1. The number of hydrogen-bond acceptors (Lipinski definition) is 6. The topological polar surface area (TPSA) is 105 Å². The van der Waals surface area contributed by atoms with Crippen LogP contribution in [0.1, 0.15) is 69.9 Å². The molecule has 1 heterocycles. The number of halogens is 1. The van der Waals surface area contributed by atoms with E-state index in [4.69, 9.17) is 26.8 Å². The predicted molar refractivity (Wildman–Crippen MR) is 158 cm³/mol. The largest absolute Gasteiger partial charge is 0.455 e. The van der Waals surface area contributed by atoms with E-state index in [2.05, 4.69) is 6.92 Å². The highest BCUT2D eigenvalue weighted by molar-refractivity contribution is 6.32. The van der Waals surface area contributed by atoms with Crippen molar-refractivity contribution in [3.05, 3.63) is 58.6 Å². The van der Waals surface area contributed by atoms with Crippen molar-refractivity contribution in [3.8, 4) is 11.5 Å². The Bertz CT molecular complexity index is 1160. The summed E-state index contributed by atoms with van der Waals surface area (Å²) in [5, 5.41) is 23.7. The average molecular weight is 573 g/mol. The molecule has 2 fully saturated rings. The summed E-state index contributed by atoms with van der Waals surface area (Å²) in [4.78, 5) is 15.5. The smallest absolute Gasteiger partial charge is 0.225 e. The molecule has 220 valence electrons. The lowest BCUT2D eigenvalue weighted by Crippen LogP contribution is -2.49. The summed E-state index contributed by atoms with van der Waals surface area (Å²) in [7, 11) is 1.68. The highest BCUT2D eigenvalue weighted by Gasteiger charge is 2.47. The molecule has 0 aromatic heterocycles. The zero-order chi connectivity index (χ0) is 28.9. The molecule has 1 aliphatic heterocycles. The van der Waals surface area contributed by atoms with Crippen LogP contribution in [0.5, 0.6) is 11.5 Å². The lowest BCUT2D eigenvalue weighted by molar-refractivity contribution is -0.141. The first kappa shape index (κ1) is 30.8. The van der Waals surface area contributed by atoms with Gasteiger partial charge in [-0.25, -0.2) is 0 Å². The minimum absolute atomic E-state index is 0.0131. The monoisotopic (exact) mass is 572 g/mol. The number of likely N-dealkylation sites (tertiary alicyclic amines) is 1. The quantitative estimate of drug-likeness (QED) is 0.310. The number of para-hydroxylation sites is 2. The average Bonchev–Trinajstić information content (AvgIpc) is 3.23. The third-order valence-corrected chi connectivity index (χ3v) is 9.21. The minimum atomic E-state index is -1.27. The van der Waals surface area contributed by atoms with Gasteiger partial charge in [-0.05, 0) is 76.0 Å². The van der Waals surface area contributed by atoms with Gasteiger partial charge >= 0.3 is 0 Å². The Morgan fingerprint density at radius 2 is 2.00 bits per heavy atom. The molecule has 1 saturated carbocycles. The van der Waals surface area contributed by atoms with Crippen molar-refractivity contribution < 1.29 is 24.5 Å². The van der Waals surface area contributed by atoms with Crippen LogP contribution < -0.4 is 10.5 Å². The molecule has 1 amide bonds. The maximum atomic E-state index is 13.6. The number of piperidine rings is 1. The Kier molecular flexibility index (Phi) is 10.2. The fourth-order valence-electron chi connectivity index (χ4n) is 6.47. The number of nitrogens with two attached hydrogens (primary N) is 1. The molecule has 4 rings (SSSR count). The first-order chi connectivity index (χ1) is 19.1. The number of unbranched alkanes of at least 4 members (excludes halogenated alkanes) is 1. The third-order valence-electron chi connectivity index (χ3n) is 8.91. The van der Waals surface area contributed by atoms with Gasteiger partial charge in [0, 0.05) is 50.2 Å². The van der Waals surface area contributed by atoms with Crippen LogP contribution in [0.2, 0.25) is 5.02 Å². The molecule has 2 aromatic rings. The number of ether oxygens (including phenoxy) is 2. The summed E-state index contributed by atoms with van der Waals surface area (Å²) >= 11 is 6.75. The third kappa shape index (κ3) is 6.66. The van der Waals surface area contributed by atoms with E-state index >= 15 is 0 Å². The first-order valence-electron chi connectivity index (χ1n) is 14.6. The summed E-state index contributed by atoms with van der Waals surface area (Å²) in [6.07, 6.45) is 5.21. The Balaban J connectivity index is 1.66. The Labute approximate surface area is 243 Å². The van der Waals surface area contributed by atoms with Gasteiger partial charge in [0.2, 0.25) is 5.91 Å². The number of nitrogens with zero attached hydrogens (tertiary/aromatic N) is 1. The van der Waals surface area contributed by atoms with Crippen LogP contribution in [0.3, 0.4) is 0 Å². The van der Waals surface area contributed by atoms with Gasteiger partial charge in [-0.15, -0.1) is 0 Å². The van der Waals surface area contributed by atoms with Gasteiger partial charge in [-0.1, -0.05) is 48.9 Å². The molecular formula is C32H45ClN2O5. The van der Waals surface area contributed by atoms with Gasteiger partial charge in [0.1, 0.15) is 5.75 Å². The SMILES string of the molecule is CCc1ccccc1Oc1c(Cl)cccc1C(O)(CCCCOC)C1CCCN(C(=O)C2CC(N)C(C)(O)C2)C1. The summed E-state index contributed by atoms with van der Waals surface area (Å²) in [6, 6.07) is 13.0. The maximum absolute atomic E-state index is 13.6. The van der Waals surface area contributed by atoms with Gasteiger partial charge in [0.15, 0.2) is 5.75 Å². The molecule has 2 aliphatic rings. The molecule has 8 heteroatoms. The van der Waals surface area contributed by atoms with E-state index in [1.165, 1.54) is 0 Å². The van der Waals surface area contributed by atoms with Crippen molar-refractivity contribution in [2.45, 2.75) is 82.5 Å². The molecule has 1 aliphatic carbocycles. The van der Waals surface area contributed by atoms with Gasteiger partial charge in [0.25, 0.3) is 0 Å². The summed E-state index contributed by atoms with van der Waals surface area (Å²) in [5.74, 6) is 0.658. The fraction of sp³-hybridized carbons (Fsp3) is 0.594. The van der Waals surface area contributed by atoms with Crippen LogP contribution >= 0.6 is 11.6 Å². The Morgan fingerprint density at radius 3 is 2.70 bits per heavy atom. The van der Waals surface area contributed by atoms with E-state index < -0.39 is 17.2 Å². The number of aryl methyl sites for hydroxylation is 1. The summed E-state index contributed by atoms with van der Waals surface area (Å²) in [5.41, 5.74) is 5.52. The minimum Gasteiger partial charge on any atom is -0.455 e. The molecule has 5 atom stereocenters. The number of benzene rings is 2. The van der Waals surface area contributed by atoms with Crippen LogP contribution in [-0.2, 0) is 21.6 Å². The molecule has 0 radical (unpaired) electrons. The maximum Gasteiger partial charge on any atom is 0.225 e. The van der Waals surface area contributed by atoms with Gasteiger partial charge < -0.3 is 30.3 Å². The lowest BCUT2D eigenvalue weighted by Gasteiger charge is -2.44. The van der Waals surface area contributed by atoms with Crippen molar-refractivity contribution >= 4 is 17.5 Å². The van der Waals surface area contributed by atoms with E-state index in [-0.39, 0.29) is 17.7 Å². The zero-order valence-corrected chi connectivity index (χ0v) is 24.8. The van der Waals surface area contributed by atoms with Crippen LogP contribution in [0.4, 0.5) is 0 Å². The van der Waals surface area contributed by atoms with Crippen LogP contribution in [0, 0.1) is 11.8 Å². The van der Waals surface area contributed by atoms with E-state index in [0.29, 0.717) is 61.0 Å².